The molecule has 0 aliphatic heterocycles. The number of aryl methyl sites for hydroxylation is 1. The van der Waals surface area contributed by atoms with Gasteiger partial charge in [0.05, 0.1) is 0 Å². The fraction of sp³-hybridized carbons (Fsp3) is 0.182. The molecule has 1 heterocycles. The van der Waals surface area contributed by atoms with Crippen molar-refractivity contribution < 1.29 is 9.26 Å². The molecule has 0 fully saturated rings. The van der Waals surface area contributed by atoms with Crippen LogP contribution in [-0.4, -0.2) is 16.7 Å². The molecule has 0 amide bonds. The first-order valence-corrected chi connectivity index (χ1v) is 4.70. The van der Waals surface area contributed by atoms with E-state index in [1.807, 2.05) is 18.2 Å². The van der Waals surface area contributed by atoms with Crippen LogP contribution in [0, 0.1) is 18.3 Å². The van der Waals surface area contributed by atoms with Crippen LogP contribution in [0.5, 0.6) is 5.75 Å². The van der Waals surface area contributed by atoms with Crippen molar-refractivity contribution >= 4 is 0 Å². The molecule has 0 aliphatic carbocycles. The minimum atomic E-state index is 0.0423. The Morgan fingerprint density at radius 3 is 2.69 bits per heavy atom. The van der Waals surface area contributed by atoms with Gasteiger partial charge in [-0.15, -0.1) is 0 Å². The number of rotatable bonds is 3. The van der Waals surface area contributed by atoms with E-state index in [1.54, 1.807) is 19.1 Å². The molecule has 0 N–H and O–H groups in total. The molecule has 0 unspecified atom stereocenters. The first-order valence-electron chi connectivity index (χ1n) is 4.70. The maximum Gasteiger partial charge on any atom is 0.223 e. The molecular formula is C11H9N3O2. The average molecular weight is 215 g/mol. The van der Waals surface area contributed by atoms with E-state index in [1.165, 1.54) is 0 Å². The van der Waals surface area contributed by atoms with Gasteiger partial charge in [-0.05, 0) is 24.3 Å². The Morgan fingerprint density at radius 2 is 2.12 bits per heavy atom. The van der Waals surface area contributed by atoms with Crippen LogP contribution in [0.4, 0.5) is 0 Å². The molecule has 0 saturated carbocycles. The number of ether oxygens (including phenoxy) is 1. The van der Waals surface area contributed by atoms with Crippen molar-refractivity contribution in [2.45, 2.75) is 6.92 Å². The Labute approximate surface area is 92.3 Å². The molecule has 5 nitrogen and oxygen atoms in total. The predicted molar refractivity (Wildman–Crippen MR) is 55.6 cm³/mol. The normalized spacial score (nSPS) is 9.75. The lowest BCUT2D eigenvalue weighted by molar-refractivity contribution is 0.368. The van der Waals surface area contributed by atoms with E-state index in [0.29, 0.717) is 17.5 Å². The van der Waals surface area contributed by atoms with E-state index in [2.05, 4.69) is 10.1 Å². The van der Waals surface area contributed by atoms with Crippen molar-refractivity contribution in [3.05, 3.63) is 30.2 Å². The molecule has 2 rings (SSSR count). The summed E-state index contributed by atoms with van der Waals surface area (Å²) in [6, 6.07) is 9.06. The monoisotopic (exact) mass is 215 g/mol. The number of aromatic nitrogens is 2. The Kier molecular flexibility index (Phi) is 2.83. The molecule has 0 saturated heterocycles. The van der Waals surface area contributed by atoms with Gasteiger partial charge in [0.25, 0.3) is 0 Å². The van der Waals surface area contributed by atoms with Gasteiger partial charge >= 0.3 is 0 Å². The molecule has 1 aromatic heterocycles. The molecular weight excluding hydrogens is 206 g/mol. The second-order valence-electron chi connectivity index (χ2n) is 3.11. The number of hydrogen-bond acceptors (Lipinski definition) is 5. The van der Waals surface area contributed by atoms with Gasteiger partial charge in [0.2, 0.25) is 11.7 Å². The minimum absolute atomic E-state index is 0.0423. The van der Waals surface area contributed by atoms with Crippen LogP contribution in [0.2, 0.25) is 0 Å². The Bertz CT molecular complexity index is 511. The maximum atomic E-state index is 8.36. The largest absolute Gasteiger partial charge is 0.479 e. The minimum Gasteiger partial charge on any atom is -0.479 e. The molecule has 80 valence electrons. The van der Waals surface area contributed by atoms with Crippen LogP contribution in [0.25, 0.3) is 11.4 Å². The lowest BCUT2D eigenvalue weighted by Crippen LogP contribution is -1.92. The van der Waals surface area contributed by atoms with Gasteiger partial charge in [-0.25, -0.2) is 0 Å². The second-order valence-corrected chi connectivity index (χ2v) is 3.11. The smallest absolute Gasteiger partial charge is 0.223 e. The van der Waals surface area contributed by atoms with Gasteiger partial charge in [0, 0.05) is 12.5 Å². The quantitative estimate of drug-likeness (QED) is 0.782. The third-order valence-electron chi connectivity index (χ3n) is 1.94. The topological polar surface area (TPSA) is 71.9 Å². The summed E-state index contributed by atoms with van der Waals surface area (Å²) in [4.78, 5) is 4.10. The van der Waals surface area contributed by atoms with E-state index < -0.39 is 0 Å². The van der Waals surface area contributed by atoms with Crippen molar-refractivity contribution in [3.8, 4) is 23.2 Å². The van der Waals surface area contributed by atoms with Gasteiger partial charge in [0.1, 0.15) is 11.8 Å². The second kappa shape index (κ2) is 4.45. The van der Waals surface area contributed by atoms with Crippen LogP contribution < -0.4 is 4.74 Å². The van der Waals surface area contributed by atoms with Gasteiger partial charge in [-0.2, -0.15) is 10.2 Å². The zero-order valence-corrected chi connectivity index (χ0v) is 8.67. The summed E-state index contributed by atoms with van der Waals surface area (Å²) in [6.07, 6.45) is 0. The fourth-order valence-electron chi connectivity index (χ4n) is 1.23. The fourth-order valence-corrected chi connectivity index (χ4v) is 1.23. The summed E-state index contributed by atoms with van der Waals surface area (Å²) in [5.41, 5.74) is 0.848. The van der Waals surface area contributed by atoms with E-state index in [0.717, 1.165) is 5.56 Å². The Hall–Kier alpha value is -2.35. The molecule has 0 atom stereocenters. The lowest BCUT2D eigenvalue weighted by Gasteiger charge is -2.00. The number of nitrogens with zero attached hydrogens (tertiary/aromatic N) is 3. The zero-order chi connectivity index (χ0) is 11.4. The third kappa shape index (κ3) is 2.17. The molecule has 0 bridgehead atoms. The van der Waals surface area contributed by atoms with Gasteiger partial charge in [0.15, 0.2) is 6.61 Å². The summed E-state index contributed by atoms with van der Waals surface area (Å²) in [7, 11) is 0. The predicted octanol–water partition coefficient (Wildman–Crippen LogP) is 1.95. The van der Waals surface area contributed by atoms with Gasteiger partial charge in [-0.1, -0.05) is 5.16 Å². The van der Waals surface area contributed by atoms with Crippen LogP contribution in [0.3, 0.4) is 0 Å². The van der Waals surface area contributed by atoms with Crippen molar-refractivity contribution in [1.82, 2.24) is 10.1 Å². The maximum absolute atomic E-state index is 8.36. The van der Waals surface area contributed by atoms with Gasteiger partial charge < -0.3 is 9.26 Å². The van der Waals surface area contributed by atoms with Crippen LogP contribution in [0.15, 0.2) is 28.8 Å². The molecule has 5 heteroatoms. The molecule has 0 aliphatic rings. The van der Waals surface area contributed by atoms with E-state index in [9.17, 15) is 0 Å². The standard InChI is InChI=1S/C11H9N3O2/c1-8-13-11(14-16-8)9-2-4-10(5-3-9)15-7-6-12/h2-5H,7H2,1H3. The highest BCUT2D eigenvalue weighted by Gasteiger charge is 2.05. The molecule has 0 spiro atoms. The SMILES string of the molecule is Cc1nc(-c2ccc(OCC#N)cc2)no1. The van der Waals surface area contributed by atoms with Crippen LogP contribution in [0.1, 0.15) is 5.89 Å². The zero-order valence-electron chi connectivity index (χ0n) is 8.67. The number of benzene rings is 1. The molecule has 0 radical (unpaired) electrons. The Morgan fingerprint density at radius 1 is 1.38 bits per heavy atom. The van der Waals surface area contributed by atoms with Crippen LogP contribution in [-0.2, 0) is 0 Å². The van der Waals surface area contributed by atoms with Crippen LogP contribution >= 0.6 is 0 Å². The van der Waals surface area contributed by atoms with E-state index in [4.69, 9.17) is 14.5 Å². The van der Waals surface area contributed by atoms with Crippen molar-refractivity contribution in [1.29, 1.82) is 5.26 Å². The lowest BCUT2D eigenvalue weighted by atomic mass is 10.2. The van der Waals surface area contributed by atoms with E-state index in [-0.39, 0.29) is 6.61 Å². The Balaban J connectivity index is 2.16. The summed E-state index contributed by atoms with van der Waals surface area (Å²) in [5.74, 6) is 1.72. The summed E-state index contributed by atoms with van der Waals surface area (Å²) in [5, 5.41) is 12.2. The summed E-state index contributed by atoms with van der Waals surface area (Å²) < 4.78 is 10.0. The number of hydrogen-bond donors (Lipinski definition) is 0. The molecule has 16 heavy (non-hydrogen) atoms. The molecule has 2 aromatic rings. The summed E-state index contributed by atoms with van der Waals surface area (Å²) >= 11 is 0. The van der Waals surface area contributed by atoms with Gasteiger partial charge in [-0.3, -0.25) is 0 Å². The first-order chi connectivity index (χ1) is 7.79. The average Bonchev–Trinajstić information content (AvgIpc) is 2.74. The first kappa shape index (κ1) is 10.2. The van der Waals surface area contributed by atoms with Crippen molar-refractivity contribution in [3.63, 3.8) is 0 Å². The highest BCUT2D eigenvalue weighted by Crippen LogP contribution is 2.19. The van der Waals surface area contributed by atoms with Crippen molar-refractivity contribution in [2.75, 3.05) is 6.61 Å². The third-order valence-corrected chi connectivity index (χ3v) is 1.94. The van der Waals surface area contributed by atoms with Crippen molar-refractivity contribution in [2.24, 2.45) is 0 Å². The number of nitriles is 1. The van der Waals surface area contributed by atoms with E-state index >= 15 is 0 Å². The molecule has 1 aromatic carbocycles. The summed E-state index contributed by atoms with van der Waals surface area (Å²) in [6.45, 7) is 1.78. The highest BCUT2D eigenvalue weighted by molar-refractivity contribution is 5.55. The highest BCUT2D eigenvalue weighted by atomic mass is 16.5.